The maximum Gasteiger partial charge on any atom is 0.122 e. The Hall–Kier alpha value is -1.33. The predicted molar refractivity (Wildman–Crippen MR) is 87.0 cm³/mol. The quantitative estimate of drug-likeness (QED) is 0.914. The summed E-state index contributed by atoms with van der Waals surface area (Å²) in [7, 11) is 1.69. The Morgan fingerprint density at radius 2 is 2.19 bits per heavy atom. The zero-order chi connectivity index (χ0) is 14.8. The van der Waals surface area contributed by atoms with Crippen LogP contribution in [0.3, 0.4) is 0 Å². The number of methoxy groups -OCH3 is 1. The third-order valence-electron chi connectivity index (χ3n) is 4.01. The molecule has 1 aromatic heterocycles. The molecule has 2 heterocycles. The maximum absolute atomic E-state index is 5.36. The fourth-order valence-electron chi connectivity index (χ4n) is 2.96. The third-order valence-corrected chi connectivity index (χ3v) is 4.47. The van der Waals surface area contributed by atoms with Crippen LogP contribution < -0.4 is 10.1 Å². The van der Waals surface area contributed by atoms with Crippen LogP contribution in [0.4, 0.5) is 0 Å². The van der Waals surface area contributed by atoms with Gasteiger partial charge >= 0.3 is 0 Å². The number of ether oxygens (including phenoxy) is 1. The van der Waals surface area contributed by atoms with E-state index in [0.29, 0.717) is 12.1 Å². The van der Waals surface area contributed by atoms with E-state index in [0.717, 1.165) is 22.3 Å². The molecular formula is C16H20BrN3O. The number of imidazole rings is 1. The van der Waals surface area contributed by atoms with Crippen molar-refractivity contribution in [3.8, 4) is 11.4 Å². The van der Waals surface area contributed by atoms with Crippen molar-refractivity contribution >= 4 is 15.9 Å². The maximum atomic E-state index is 5.36. The number of halogens is 1. The van der Waals surface area contributed by atoms with Gasteiger partial charge in [-0.1, -0.05) is 15.9 Å². The Labute approximate surface area is 133 Å². The van der Waals surface area contributed by atoms with Crippen molar-refractivity contribution in [2.45, 2.75) is 38.3 Å². The van der Waals surface area contributed by atoms with Crippen molar-refractivity contribution < 1.29 is 4.74 Å². The van der Waals surface area contributed by atoms with Crippen LogP contribution in [0, 0.1) is 0 Å². The van der Waals surface area contributed by atoms with Crippen LogP contribution in [-0.4, -0.2) is 22.7 Å². The molecule has 1 aromatic carbocycles. The molecule has 0 amide bonds. The summed E-state index contributed by atoms with van der Waals surface area (Å²) < 4.78 is 8.50. The second-order valence-corrected chi connectivity index (χ2v) is 6.50. The van der Waals surface area contributed by atoms with E-state index in [4.69, 9.17) is 4.74 Å². The fourth-order valence-corrected chi connectivity index (χ4v) is 3.42. The van der Waals surface area contributed by atoms with Crippen molar-refractivity contribution in [3.05, 3.63) is 40.9 Å². The van der Waals surface area contributed by atoms with Crippen LogP contribution in [0.5, 0.6) is 5.75 Å². The number of nitrogens with one attached hydrogen (secondary N) is 1. The third kappa shape index (κ3) is 3.14. The monoisotopic (exact) mass is 349 g/mol. The predicted octanol–water partition coefficient (Wildman–Crippen LogP) is 3.85. The van der Waals surface area contributed by atoms with Crippen molar-refractivity contribution in [1.29, 1.82) is 0 Å². The van der Waals surface area contributed by atoms with Crippen LogP contribution in [0.25, 0.3) is 5.69 Å². The first-order valence-corrected chi connectivity index (χ1v) is 8.10. The normalized spacial score (nSPS) is 22.2. The Balaban J connectivity index is 1.97. The van der Waals surface area contributed by atoms with E-state index in [2.05, 4.69) is 43.8 Å². The molecule has 2 atom stereocenters. The Morgan fingerprint density at radius 1 is 1.33 bits per heavy atom. The Bertz CT molecular complexity index is 626. The summed E-state index contributed by atoms with van der Waals surface area (Å²) >= 11 is 3.54. The standard InChI is InChI=1S/C16H20BrN3O/c1-11-4-3-5-15(19-11)16-9-18-10-20(16)13-6-12(17)7-14(8-13)21-2/h6-11,15,19H,3-5H2,1-2H3. The summed E-state index contributed by atoms with van der Waals surface area (Å²) in [5, 5.41) is 3.67. The lowest BCUT2D eigenvalue weighted by Gasteiger charge is -2.29. The molecule has 0 spiro atoms. The van der Waals surface area contributed by atoms with Crippen LogP contribution in [0.2, 0.25) is 0 Å². The molecule has 0 bridgehead atoms. The highest BCUT2D eigenvalue weighted by atomic mass is 79.9. The molecule has 2 aromatic rings. The molecule has 112 valence electrons. The van der Waals surface area contributed by atoms with Gasteiger partial charge in [0, 0.05) is 22.6 Å². The molecule has 1 N–H and O–H groups in total. The fraction of sp³-hybridized carbons (Fsp3) is 0.438. The van der Waals surface area contributed by atoms with Gasteiger partial charge in [-0.05, 0) is 38.3 Å². The molecular weight excluding hydrogens is 330 g/mol. The second kappa shape index (κ2) is 6.20. The van der Waals surface area contributed by atoms with E-state index >= 15 is 0 Å². The van der Waals surface area contributed by atoms with Crippen molar-refractivity contribution in [3.63, 3.8) is 0 Å². The topological polar surface area (TPSA) is 39.1 Å². The number of piperidine rings is 1. The first kappa shape index (κ1) is 14.6. The summed E-state index contributed by atoms with van der Waals surface area (Å²) in [6, 6.07) is 6.99. The van der Waals surface area contributed by atoms with E-state index in [1.807, 2.05) is 24.7 Å². The van der Waals surface area contributed by atoms with E-state index in [-0.39, 0.29) is 0 Å². The number of rotatable bonds is 3. The lowest BCUT2D eigenvalue weighted by Crippen LogP contribution is -2.35. The van der Waals surface area contributed by atoms with E-state index in [1.165, 1.54) is 18.5 Å². The number of hydrogen-bond donors (Lipinski definition) is 1. The highest BCUT2D eigenvalue weighted by Crippen LogP contribution is 2.29. The van der Waals surface area contributed by atoms with E-state index in [1.54, 1.807) is 7.11 Å². The second-order valence-electron chi connectivity index (χ2n) is 5.59. The highest BCUT2D eigenvalue weighted by Gasteiger charge is 2.22. The molecule has 5 heteroatoms. The minimum absolute atomic E-state index is 0.362. The molecule has 1 aliphatic rings. The average molecular weight is 350 g/mol. The lowest BCUT2D eigenvalue weighted by atomic mass is 9.97. The summed E-state index contributed by atoms with van der Waals surface area (Å²) in [6.45, 7) is 2.25. The smallest absolute Gasteiger partial charge is 0.122 e. The highest BCUT2D eigenvalue weighted by molar-refractivity contribution is 9.10. The molecule has 21 heavy (non-hydrogen) atoms. The molecule has 1 fully saturated rings. The molecule has 4 nitrogen and oxygen atoms in total. The van der Waals surface area contributed by atoms with Crippen LogP contribution in [-0.2, 0) is 0 Å². The number of benzene rings is 1. The first-order chi connectivity index (χ1) is 10.2. The van der Waals surface area contributed by atoms with Gasteiger partial charge in [0.15, 0.2) is 0 Å². The molecule has 0 aliphatic carbocycles. The van der Waals surface area contributed by atoms with Crippen molar-refractivity contribution in [2.24, 2.45) is 0 Å². The summed E-state index contributed by atoms with van der Waals surface area (Å²) in [5.41, 5.74) is 2.27. The van der Waals surface area contributed by atoms with Gasteiger partial charge in [0.1, 0.15) is 5.75 Å². The first-order valence-electron chi connectivity index (χ1n) is 7.30. The molecule has 1 aliphatic heterocycles. The molecule has 2 unspecified atom stereocenters. The van der Waals surface area contributed by atoms with Gasteiger partial charge in [-0.2, -0.15) is 0 Å². The van der Waals surface area contributed by atoms with Crippen LogP contribution in [0.15, 0.2) is 35.2 Å². The minimum Gasteiger partial charge on any atom is -0.497 e. The number of aromatic nitrogens is 2. The van der Waals surface area contributed by atoms with Gasteiger partial charge < -0.3 is 14.6 Å². The molecule has 3 rings (SSSR count). The zero-order valence-corrected chi connectivity index (χ0v) is 13.9. The summed E-state index contributed by atoms with van der Waals surface area (Å²) in [5.74, 6) is 0.837. The van der Waals surface area contributed by atoms with Gasteiger partial charge in [0.05, 0.1) is 31.0 Å². The van der Waals surface area contributed by atoms with Gasteiger partial charge in [-0.3, -0.25) is 0 Å². The average Bonchev–Trinajstić information content (AvgIpc) is 2.96. The van der Waals surface area contributed by atoms with Gasteiger partial charge in [-0.25, -0.2) is 4.98 Å². The Kier molecular flexibility index (Phi) is 4.31. The lowest BCUT2D eigenvalue weighted by molar-refractivity contribution is 0.334. The van der Waals surface area contributed by atoms with Crippen LogP contribution >= 0.6 is 15.9 Å². The zero-order valence-electron chi connectivity index (χ0n) is 12.3. The largest absolute Gasteiger partial charge is 0.497 e. The minimum atomic E-state index is 0.362. The van der Waals surface area contributed by atoms with Gasteiger partial charge in [-0.15, -0.1) is 0 Å². The summed E-state index contributed by atoms with van der Waals surface area (Å²) in [4.78, 5) is 4.35. The number of hydrogen-bond acceptors (Lipinski definition) is 3. The van der Waals surface area contributed by atoms with Crippen molar-refractivity contribution in [1.82, 2.24) is 14.9 Å². The Morgan fingerprint density at radius 3 is 2.95 bits per heavy atom. The number of nitrogens with zero attached hydrogens (tertiary/aromatic N) is 2. The van der Waals surface area contributed by atoms with Gasteiger partial charge in [0.2, 0.25) is 0 Å². The SMILES string of the molecule is COc1cc(Br)cc(-n2cncc2C2CCCC(C)N2)c1. The summed E-state index contributed by atoms with van der Waals surface area (Å²) in [6.07, 6.45) is 7.49. The van der Waals surface area contributed by atoms with Gasteiger partial charge in [0.25, 0.3) is 0 Å². The molecule has 1 saturated heterocycles. The molecule has 0 saturated carbocycles. The van der Waals surface area contributed by atoms with Crippen molar-refractivity contribution in [2.75, 3.05) is 7.11 Å². The van der Waals surface area contributed by atoms with E-state index < -0.39 is 0 Å². The van der Waals surface area contributed by atoms with Crippen LogP contribution in [0.1, 0.15) is 37.9 Å². The van der Waals surface area contributed by atoms with E-state index in [9.17, 15) is 0 Å². The molecule has 0 radical (unpaired) electrons.